The van der Waals surface area contributed by atoms with Crippen LogP contribution < -0.4 is 27.4 Å². The van der Waals surface area contributed by atoms with Gasteiger partial charge in [-0.05, 0) is 146 Å². The Balaban J connectivity index is 0.000000184. The highest BCUT2D eigenvalue weighted by molar-refractivity contribution is 8.05. The number of aromatic amines is 2. The highest BCUT2D eigenvalue weighted by atomic mass is 32.2. The van der Waals surface area contributed by atoms with Crippen molar-refractivity contribution in [3.05, 3.63) is 97.7 Å². The lowest BCUT2D eigenvalue weighted by Crippen LogP contribution is -2.63. The molecular weight excluding hydrogens is 1640 g/mol. The van der Waals surface area contributed by atoms with Gasteiger partial charge in [-0.3, -0.25) is 24.2 Å². The second-order valence-corrected chi connectivity index (χ2v) is 43.7. The molecule has 8 aliphatic rings. The number of carbonyl (C=O) groups is 7. The summed E-state index contributed by atoms with van der Waals surface area (Å²) in [7, 11) is 4.22. The van der Waals surface area contributed by atoms with Gasteiger partial charge in [0.05, 0.1) is 78.5 Å². The first-order valence-corrected chi connectivity index (χ1v) is 46.3. The summed E-state index contributed by atoms with van der Waals surface area (Å²) >= 11 is 18.8. The van der Waals surface area contributed by atoms with Gasteiger partial charge in [-0.25, -0.2) is 29.1 Å². The zero-order valence-corrected chi connectivity index (χ0v) is 74.3. The average Bonchev–Trinajstić information content (AvgIpc) is 1.55. The monoisotopic (exact) mass is 1750 g/mol. The van der Waals surface area contributed by atoms with Crippen molar-refractivity contribution in [3.63, 3.8) is 0 Å². The van der Waals surface area contributed by atoms with Crippen molar-refractivity contribution in [1.29, 1.82) is 0 Å². The molecule has 0 radical (unpaired) electrons. The fourth-order valence-corrected chi connectivity index (χ4v) is 20.7. The maximum atomic E-state index is 12.5. The number of carbonyl (C=O) groups excluding carboxylic acids is 5. The first-order chi connectivity index (χ1) is 53.6. The van der Waals surface area contributed by atoms with Gasteiger partial charge in [0.25, 0.3) is 0 Å². The number of likely N-dealkylation sites (N-methyl/N-ethyl adjacent to an activating group) is 3. The minimum absolute atomic E-state index is 0.00971. The predicted octanol–water partition coefficient (Wildman–Crippen LogP) is 9.56. The number of carboxylic acids is 2. The molecule has 12 heterocycles. The summed E-state index contributed by atoms with van der Waals surface area (Å²) in [6.07, 6.45) is 8.78. The number of nitrogens with two attached hydrogens (primary N) is 2. The third-order valence-electron chi connectivity index (χ3n) is 21.2. The number of aliphatic carboxylic acids is 2. The number of β-lactam (4-membered cyclic amide) rings is 2. The molecule has 12 rings (SSSR count). The summed E-state index contributed by atoms with van der Waals surface area (Å²) in [5.74, 6) is -4.83. The van der Waals surface area contributed by atoms with Crippen LogP contribution >= 0.6 is 93.3 Å². The van der Waals surface area contributed by atoms with Crippen LogP contribution in [-0.4, -0.2) is 261 Å². The normalized spacial score (nSPS) is 24.4. The van der Waals surface area contributed by atoms with Gasteiger partial charge in [0.2, 0.25) is 11.8 Å². The van der Waals surface area contributed by atoms with Crippen molar-refractivity contribution >= 4 is 166 Å². The molecule has 2 saturated heterocycles. The summed E-state index contributed by atoms with van der Waals surface area (Å²) in [5, 5.41) is 75.0. The largest absolute Gasteiger partial charge is 0.477 e. The number of thioether (sulfide) groups is 2. The number of amides is 4. The van der Waals surface area contributed by atoms with E-state index in [0.717, 1.165) is 75.1 Å². The molecule has 0 aromatic carbocycles. The number of H-pyrrole nitrogens is 2. The van der Waals surface area contributed by atoms with E-state index in [-0.39, 0.29) is 109 Å². The fraction of sp³-hybridized carbons (Fsp3) is 0.587. The molecule has 628 valence electrons. The fourth-order valence-electron chi connectivity index (χ4n) is 13.7. The molecule has 8 aliphatic heterocycles. The van der Waals surface area contributed by atoms with Gasteiger partial charge in [-0.2, -0.15) is 0 Å². The van der Waals surface area contributed by atoms with Gasteiger partial charge in [-0.1, -0.05) is 82.4 Å². The number of primary amides is 2. The molecule has 4 aromatic heterocycles. The number of rotatable bonds is 24. The van der Waals surface area contributed by atoms with Crippen LogP contribution in [0.5, 0.6) is 0 Å². The first kappa shape index (κ1) is 93.3. The second-order valence-electron chi connectivity index (χ2n) is 31.5. The first-order valence-electron chi connectivity index (χ1n) is 37.4. The molecule has 39 heteroatoms. The van der Waals surface area contributed by atoms with E-state index < -0.39 is 62.1 Å². The number of fused-ring (bicyclic) bond motifs is 2. The van der Waals surface area contributed by atoms with Crippen LogP contribution in [0.3, 0.4) is 0 Å². The molecule has 0 spiro atoms. The molecule has 30 nitrogen and oxygen atoms in total. The van der Waals surface area contributed by atoms with Crippen LogP contribution in [0.15, 0.2) is 75.7 Å². The van der Waals surface area contributed by atoms with Crippen molar-refractivity contribution in [1.82, 2.24) is 55.5 Å². The number of aliphatic hydroxyl groups is 4. The van der Waals surface area contributed by atoms with Gasteiger partial charge in [0.15, 0.2) is 24.9 Å². The third-order valence-corrected chi connectivity index (χ3v) is 32.2. The number of aromatic nitrogens is 4. The molecule has 114 heavy (non-hydrogen) atoms. The number of ether oxygens (including phenoxy) is 3. The zero-order valence-electron chi connectivity index (χ0n) is 66.8. The van der Waals surface area contributed by atoms with Gasteiger partial charge < -0.3 is 96.5 Å². The highest BCUT2D eigenvalue weighted by Gasteiger charge is 2.61. The number of hydrogen-bond donors (Lipinski definition) is 13. The van der Waals surface area contributed by atoms with E-state index in [1.807, 2.05) is 63.9 Å². The van der Waals surface area contributed by atoms with Crippen molar-refractivity contribution in [2.75, 3.05) is 80.4 Å². The van der Waals surface area contributed by atoms with E-state index in [4.69, 9.17) is 59.6 Å². The number of carboxylic acid groups (broad SMARTS) is 2. The molecule has 0 unspecified atom stereocenters. The Labute approximate surface area is 700 Å². The van der Waals surface area contributed by atoms with Crippen molar-refractivity contribution < 1.29 is 82.8 Å². The number of thiazole rings is 4. The number of nitrogens with one attached hydrogen (secondary N) is 5. The molecular formula is C75H109N13O17S8Si. The number of nitrogens with zero attached hydrogens (tertiary/aromatic N) is 6. The third kappa shape index (κ3) is 24.1. The van der Waals surface area contributed by atoms with Gasteiger partial charge in [0.1, 0.15) is 30.2 Å². The lowest BCUT2D eigenvalue weighted by Gasteiger charge is -2.46. The second kappa shape index (κ2) is 41.0. The van der Waals surface area contributed by atoms with Gasteiger partial charge >= 0.3 is 30.1 Å². The van der Waals surface area contributed by atoms with E-state index in [2.05, 4.69) is 110 Å². The number of hydrogen-bond acceptors (Lipinski definition) is 30. The SMILES string of the molecule is CN1CC(c2csc(=S)[nH]2)=CC[C@@H]1CO[Si](C)(C)C(C)(C)C.CN1CC=C(c2csc(=S)[nH]2)C[C@@H]1COC(N)=O.CN[C@@H](CO)CC(=O)OC(C)(C)C.C[C@@H](O)[C@H]1C(=O)N2C(C(=O)O)=C(Sc3nc(C4=CCN[C@@H](COC(N)=O)C4)cs3)[C@H](C)[C@H]12.C[C@@H](O)[C@H]1C(=O)N2C(C(=O)O)=C(Sc3nc(C4=CC[C@H](CO)NC4)cs3)[C@H](C)[C@H]12. The number of esters is 1. The Bertz CT molecular complexity index is 4410. The Hall–Kier alpha value is -6.19. The van der Waals surface area contributed by atoms with Gasteiger partial charge in [0, 0.05) is 106 Å². The maximum absolute atomic E-state index is 12.5. The van der Waals surface area contributed by atoms with Crippen LogP contribution in [0.25, 0.3) is 22.3 Å². The lowest BCUT2D eigenvalue weighted by atomic mass is 9.79. The Morgan fingerprint density at radius 3 is 1.64 bits per heavy atom. The molecule has 15 N–H and O–H groups in total. The molecule has 13 atom stereocenters. The summed E-state index contributed by atoms with van der Waals surface area (Å²) in [5.41, 5.74) is 18.0. The maximum Gasteiger partial charge on any atom is 0.404 e. The Morgan fingerprint density at radius 1 is 0.684 bits per heavy atom. The minimum atomic E-state index is -1.66. The molecule has 0 bridgehead atoms. The van der Waals surface area contributed by atoms with Crippen LogP contribution in [-0.2, 0) is 42.6 Å². The van der Waals surface area contributed by atoms with Crippen LogP contribution in [0.2, 0.25) is 18.1 Å². The summed E-state index contributed by atoms with van der Waals surface area (Å²) < 4.78 is 24.3. The lowest BCUT2D eigenvalue weighted by molar-refractivity contribution is -0.163. The summed E-state index contributed by atoms with van der Waals surface area (Å²) in [6, 6.07) is -0.264. The van der Waals surface area contributed by atoms with Crippen LogP contribution in [0.4, 0.5) is 9.59 Å². The summed E-state index contributed by atoms with van der Waals surface area (Å²) in [4.78, 5) is 106. The van der Waals surface area contributed by atoms with Gasteiger partial charge in [-0.15, -0.1) is 45.3 Å². The van der Waals surface area contributed by atoms with E-state index in [9.17, 15) is 59.1 Å². The molecule has 4 amide bonds. The smallest absolute Gasteiger partial charge is 0.404 e. The quantitative estimate of drug-likeness (QED) is 0.0102. The van der Waals surface area contributed by atoms with E-state index >= 15 is 0 Å². The number of aliphatic hydroxyl groups excluding tert-OH is 4. The zero-order chi connectivity index (χ0) is 84.2. The minimum Gasteiger partial charge on any atom is -0.477 e. The van der Waals surface area contributed by atoms with E-state index in [1.54, 1.807) is 32.2 Å². The average molecular weight is 1750 g/mol. The van der Waals surface area contributed by atoms with Crippen LogP contribution in [0, 0.1) is 31.6 Å². The summed E-state index contributed by atoms with van der Waals surface area (Å²) in [6.45, 7) is 28.2. The Morgan fingerprint density at radius 2 is 1.20 bits per heavy atom. The standard InChI is InChI=1S/C20H24N4O6S2.C19H23N3O5S2.C16H28N2OS2Si.C11H15N3O2S2.C9H19NO3/c1-8-14-13(9(2)25)17(26)24(14)15(18(27)28)16(8)32-20-23-12(7-31-20)10-3-4-22-11(5-10)6-30-19(21)29;1-8-14-13(9(2)24)17(25)22(14)15(18(26)27)16(8)29-19-21-12(7-28-19)10-3-4-11(6-23)20-5-10;1-16(2,3)22(5,6)19-10-13-8-7-12(9-18(13)4)14-11-21-15(20)17-14;1-14-3-2-7(9-6-18-11(17)13-9)4-8(14)5-16-10(12)15;1-9(2,3)13-8(12)5-7(6-11)10-4/h3,7-9,11,13-14,22,25H,4-6H2,1-2H3,(H2,21,29)(H,27,28);3,7-9,11,13-14,20,23-24H,4-6H2,1-2H3,(H,26,27);7,11,13H,8-10H2,1-6H3,(H,17,20);2,6,8H,3-5H2,1H3,(H2,12,15)(H,13,17);7,10-11H,5-6H2,1-4H3/t2*8-,9-,11-,13-,14-;13-;8-;7-/m11111/s1. The van der Waals surface area contributed by atoms with Crippen molar-refractivity contribution in [2.45, 2.75) is 188 Å². The van der Waals surface area contributed by atoms with E-state index in [0.29, 0.717) is 50.6 Å². The van der Waals surface area contributed by atoms with Crippen molar-refractivity contribution in [3.8, 4) is 0 Å². The Kier molecular flexibility index (Phi) is 33.5. The molecule has 0 aliphatic carbocycles. The molecule has 4 aromatic rings. The molecule has 2 fully saturated rings. The van der Waals surface area contributed by atoms with Crippen LogP contribution in [0.1, 0.15) is 124 Å². The highest BCUT2D eigenvalue weighted by Crippen LogP contribution is 2.54. The predicted molar refractivity (Wildman–Crippen MR) is 453 cm³/mol. The van der Waals surface area contributed by atoms with Crippen molar-refractivity contribution in [2.24, 2.45) is 35.1 Å². The van der Waals surface area contributed by atoms with E-state index in [1.165, 1.54) is 84.2 Å². The molecule has 0 saturated carbocycles. The topological polar surface area (TPSA) is 436 Å².